The summed E-state index contributed by atoms with van der Waals surface area (Å²) in [7, 11) is 0. The maximum Gasteiger partial charge on any atom is 0.255 e. The molecule has 1 atom stereocenters. The van der Waals surface area contributed by atoms with Gasteiger partial charge in [-0.1, -0.05) is 23.8 Å². The van der Waals surface area contributed by atoms with E-state index in [1.807, 2.05) is 18.2 Å². The average molecular weight is 368 g/mol. The SMILES string of the molecule is O=C1CCC(N2Cc3ccc(CNCC4=CCNCC4)cc3C2=O)C(=O)N1. The van der Waals surface area contributed by atoms with E-state index in [1.54, 1.807) is 4.90 Å². The Morgan fingerprint density at radius 2 is 2.04 bits per heavy atom. The molecule has 0 aromatic heterocycles. The average Bonchev–Trinajstić information content (AvgIpc) is 2.99. The minimum Gasteiger partial charge on any atom is -0.322 e. The molecule has 1 aromatic rings. The van der Waals surface area contributed by atoms with Crippen molar-refractivity contribution < 1.29 is 14.4 Å². The van der Waals surface area contributed by atoms with Crippen LogP contribution in [0.1, 0.15) is 40.7 Å². The fraction of sp³-hybridized carbons (Fsp3) is 0.450. The molecule has 7 nitrogen and oxygen atoms in total. The minimum atomic E-state index is -0.559. The zero-order valence-electron chi connectivity index (χ0n) is 15.2. The van der Waals surface area contributed by atoms with Crippen molar-refractivity contribution in [2.45, 2.75) is 38.4 Å². The van der Waals surface area contributed by atoms with E-state index in [0.29, 0.717) is 25.1 Å². The Balaban J connectivity index is 1.39. The Kier molecular flexibility index (Phi) is 5.05. The minimum absolute atomic E-state index is 0.123. The van der Waals surface area contributed by atoms with Gasteiger partial charge < -0.3 is 15.5 Å². The van der Waals surface area contributed by atoms with Crippen molar-refractivity contribution >= 4 is 17.7 Å². The molecule has 1 unspecified atom stereocenters. The maximum absolute atomic E-state index is 12.8. The number of carbonyl (C=O) groups excluding carboxylic acids is 3. The number of piperidine rings is 1. The molecule has 3 amide bonds. The van der Waals surface area contributed by atoms with Crippen molar-refractivity contribution in [3.8, 4) is 0 Å². The number of fused-ring (bicyclic) bond motifs is 1. The van der Waals surface area contributed by atoms with E-state index in [0.717, 1.165) is 37.2 Å². The first-order chi connectivity index (χ1) is 13.1. The van der Waals surface area contributed by atoms with Gasteiger partial charge in [0.2, 0.25) is 11.8 Å². The highest BCUT2D eigenvalue weighted by Crippen LogP contribution is 2.28. The highest BCUT2D eigenvalue weighted by molar-refractivity contribution is 6.05. The summed E-state index contributed by atoms with van der Waals surface area (Å²) in [4.78, 5) is 37.9. The van der Waals surface area contributed by atoms with Crippen LogP contribution in [0.3, 0.4) is 0 Å². The number of benzene rings is 1. The summed E-state index contributed by atoms with van der Waals surface area (Å²) in [5, 5.41) is 9.07. The van der Waals surface area contributed by atoms with Gasteiger partial charge in [0.15, 0.2) is 0 Å². The summed E-state index contributed by atoms with van der Waals surface area (Å²) >= 11 is 0. The second-order valence-corrected chi connectivity index (χ2v) is 7.31. The first kappa shape index (κ1) is 17.9. The fourth-order valence-corrected chi connectivity index (χ4v) is 3.91. The summed E-state index contributed by atoms with van der Waals surface area (Å²) in [6, 6.07) is 5.37. The predicted octanol–water partition coefficient (Wildman–Crippen LogP) is 0.457. The van der Waals surface area contributed by atoms with Crippen molar-refractivity contribution in [2.75, 3.05) is 19.6 Å². The van der Waals surface area contributed by atoms with Crippen molar-refractivity contribution in [3.63, 3.8) is 0 Å². The lowest BCUT2D eigenvalue weighted by molar-refractivity contribution is -0.136. The standard InChI is InChI=1S/C20H24N4O3/c25-18-4-3-17(19(26)23-18)24-12-15-2-1-14(9-16(15)20(24)27)11-22-10-13-5-7-21-8-6-13/h1-2,5,9,17,21-22H,3-4,6-8,10-12H2,(H,23,25,26). The highest BCUT2D eigenvalue weighted by Gasteiger charge is 2.39. The number of imide groups is 1. The molecule has 3 aliphatic rings. The van der Waals surface area contributed by atoms with E-state index in [9.17, 15) is 14.4 Å². The number of hydrogen-bond acceptors (Lipinski definition) is 5. The molecule has 0 bridgehead atoms. The van der Waals surface area contributed by atoms with Gasteiger partial charge in [0.25, 0.3) is 5.91 Å². The fourth-order valence-electron chi connectivity index (χ4n) is 3.91. The van der Waals surface area contributed by atoms with Crippen LogP contribution in [-0.4, -0.2) is 48.3 Å². The van der Waals surface area contributed by atoms with Crippen LogP contribution < -0.4 is 16.0 Å². The van der Waals surface area contributed by atoms with Crippen LogP contribution in [0.4, 0.5) is 0 Å². The van der Waals surface area contributed by atoms with Gasteiger partial charge in [0.1, 0.15) is 6.04 Å². The van der Waals surface area contributed by atoms with Crippen LogP contribution in [0.15, 0.2) is 29.8 Å². The summed E-state index contributed by atoms with van der Waals surface area (Å²) < 4.78 is 0. The smallest absolute Gasteiger partial charge is 0.255 e. The molecule has 0 aliphatic carbocycles. The van der Waals surface area contributed by atoms with E-state index in [4.69, 9.17) is 0 Å². The summed E-state index contributed by atoms with van der Waals surface area (Å²) in [6.07, 6.45) is 3.96. The monoisotopic (exact) mass is 368 g/mol. The molecular weight excluding hydrogens is 344 g/mol. The summed E-state index contributed by atoms with van der Waals surface area (Å²) in [5.74, 6) is -0.760. The molecule has 1 aromatic carbocycles. The molecule has 0 saturated carbocycles. The Morgan fingerprint density at radius 1 is 1.15 bits per heavy atom. The molecule has 3 aliphatic heterocycles. The zero-order chi connectivity index (χ0) is 18.8. The first-order valence-corrected chi connectivity index (χ1v) is 9.47. The largest absolute Gasteiger partial charge is 0.322 e. The van der Waals surface area contributed by atoms with Crippen LogP contribution in [0.25, 0.3) is 0 Å². The van der Waals surface area contributed by atoms with Gasteiger partial charge >= 0.3 is 0 Å². The lowest BCUT2D eigenvalue weighted by Gasteiger charge is -2.29. The lowest BCUT2D eigenvalue weighted by Crippen LogP contribution is -2.52. The normalized spacial score (nSPS) is 22.5. The topological polar surface area (TPSA) is 90.5 Å². The predicted molar refractivity (Wildman–Crippen MR) is 99.8 cm³/mol. The number of rotatable bonds is 5. The van der Waals surface area contributed by atoms with Gasteiger partial charge in [0, 0.05) is 38.2 Å². The van der Waals surface area contributed by atoms with Crippen molar-refractivity contribution in [1.29, 1.82) is 0 Å². The van der Waals surface area contributed by atoms with E-state index in [-0.39, 0.29) is 24.1 Å². The summed E-state index contributed by atoms with van der Waals surface area (Å²) in [5.41, 5.74) is 4.08. The number of nitrogens with one attached hydrogen (secondary N) is 3. The quantitative estimate of drug-likeness (QED) is 0.519. The number of hydrogen-bond donors (Lipinski definition) is 3. The van der Waals surface area contributed by atoms with Crippen molar-refractivity contribution in [2.24, 2.45) is 0 Å². The summed E-state index contributed by atoms with van der Waals surface area (Å²) in [6.45, 7) is 3.93. The van der Waals surface area contributed by atoms with E-state index < -0.39 is 6.04 Å². The Hall–Kier alpha value is -2.51. The Morgan fingerprint density at radius 3 is 2.81 bits per heavy atom. The van der Waals surface area contributed by atoms with Gasteiger partial charge in [0.05, 0.1) is 0 Å². The molecule has 4 rings (SSSR count). The molecule has 1 fully saturated rings. The zero-order valence-corrected chi connectivity index (χ0v) is 15.2. The van der Waals surface area contributed by atoms with Crippen LogP contribution in [0, 0.1) is 0 Å². The third-order valence-corrected chi connectivity index (χ3v) is 5.43. The third kappa shape index (κ3) is 3.79. The van der Waals surface area contributed by atoms with E-state index in [2.05, 4.69) is 22.0 Å². The van der Waals surface area contributed by atoms with Crippen LogP contribution in [0.5, 0.6) is 0 Å². The maximum atomic E-state index is 12.8. The van der Waals surface area contributed by atoms with Gasteiger partial charge in [-0.25, -0.2) is 0 Å². The van der Waals surface area contributed by atoms with Crippen molar-refractivity contribution in [3.05, 3.63) is 46.5 Å². The molecule has 0 spiro atoms. The third-order valence-electron chi connectivity index (χ3n) is 5.43. The van der Waals surface area contributed by atoms with Crippen LogP contribution >= 0.6 is 0 Å². The number of nitrogens with zero attached hydrogens (tertiary/aromatic N) is 1. The second-order valence-electron chi connectivity index (χ2n) is 7.31. The second kappa shape index (κ2) is 7.62. The van der Waals surface area contributed by atoms with E-state index >= 15 is 0 Å². The molecule has 3 heterocycles. The van der Waals surface area contributed by atoms with Gasteiger partial charge in [-0.05, 0) is 36.6 Å². The number of amides is 3. The molecule has 27 heavy (non-hydrogen) atoms. The highest BCUT2D eigenvalue weighted by atomic mass is 16.2. The van der Waals surface area contributed by atoms with Gasteiger partial charge in [-0.3, -0.25) is 19.7 Å². The van der Waals surface area contributed by atoms with Gasteiger partial charge in [-0.15, -0.1) is 0 Å². The molecular formula is C20H24N4O3. The molecule has 7 heteroatoms. The molecule has 0 radical (unpaired) electrons. The molecule has 142 valence electrons. The Bertz CT molecular complexity index is 817. The van der Waals surface area contributed by atoms with E-state index in [1.165, 1.54) is 5.57 Å². The van der Waals surface area contributed by atoms with Crippen LogP contribution in [-0.2, 0) is 22.7 Å². The first-order valence-electron chi connectivity index (χ1n) is 9.47. The lowest BCUT2D eigenvalue weighted by atomic mass is 10.0. The van der Waals surface area contributed by atoms with Crippen LogP contribution in [0.2, 0.25) is 0 Å². The number of carbonyl (C=O) groups is 3. The molecule has 1 saturated heterocycles. The van der Waals surface area contributed by atoms with Crippen molar-refractivity contribution in [1.82, 2.24) is 20.9 Å². The Labute approximate surface area is 158 Å². The molecule has 3 N–H and O–H groups in total. The van der Waals surface area contributed by atoms with Gasteiger partial charge in [-0.2, -0.15) is 0 Å².